The van der Waals surface area contributed by atoms with Gasteiger partial charge >= 0.3 is 5.88 Å². The molecule has 1 aliphatic rings. The van der Waals surface area contributed by atoms with Crippen LogP contribution in [0.1, 0.15) is 5.76 Å². The molecule has 1 aromatic carbocycles. The molecule has 1 amide bonds. The van der Waals surface area contributed by atoms with Crippen molar-refractivity contribution in [1.82, 2.24) is 5.32 Å². The van der Waals surface area contributed by atoms with E-state index >= 15 is 0 Å². The van der Waals surface area contributed by atoms with E-state index < -0.39 is 10.8 Å². The Bertz CT molecular complexity index is 922. The van der Waals surface area contributed by atoms with Gasteiger partial charge in [0.25, 0.3) is 5.91 Å². The van der Waals surface area contributed by atoms with E-state index in [0.717, 1.165) is 11.8 Å². The summed E-state index contributed by atoms with van der Waals surface area (Å²) in [7, 11) is 1.50. The van der Waals surface area contributed by atoms with Gasteiger partial charge in [0.05, 0.1) is 18.1 Å². The fraction of sp³-hybridized carbons (Fsp3) is 0.0667. The van der Waals surface area contributed by atoms with E-state index in [9.17, 15) is 14.9 Å². The van der Waals surface area contributed by atoms with Crippen LogP contribution in [0.5, 0.6) is 5.75 Å². The number of hydrogen-bond acceptors (Lipinski definition) is 7. The van der Waals surface area contributed by atoms with Crippen molar-refractivity contribution in [3.8, 4) is 5.75 Å². The average molecular weight is 380 g/mol. The van der Waals surface area contributed by atoms with Crippen LogP contribution >= 0.6 is 23.4 Å². The number of nitrogens with one attached hydrogen (secondary N) is 1. The Labute approximate surface area is 150 Å². The van der Waals surface area contributed by atoms with Crippen molar-refractivity contribution in [2.45, 2.75) is 0 Å². The van der Waals surface area contributed by atoms with Crippen LogP contribution in [0.4, 0.5) is 11.6 Å². The molecule has 1 aliphatic heterocycles. The summed E-state index contributed by atoms with van der Waals surface area (Å²) in [6.45, 7) is 0. The Balaban J connectivity index is 1.86. The van der Waals surface area contributed by atoms with Crippen molar-refractivity contribution >= 4 is 52.1 Å². The fourth-order valence-electron chi connectivity index (χ4n) is 1.99. The summed E-state index contributed by atoms with van der Waals surface area (Å²) in [5, 5.41) is 14.0. The third-order valence-electron chi connectivity index (χ3n) is 3.08. The molecule has 10 heteroatoms. The van der Waals surface area contributed by atoms with E-state index in [1.165, 1.54) is 25.3 Å². The molecule has 1 N–H and O–H groups in total. The smallest absolute Gasteiger partial charge is 0.433 e. The lowest BCUT2D eigenvalue weighted by molar-refractivity contribution is -0.402. The van der Waals surface area contributed by atoms with Crippen molar-refractivity contribution in [2.75, 3.05) is 7.11 Å². The largest absolute Gasteiger partial charge is 0.494 e. The van der Waals surface area contributed by atoms with Crippen LogP contribution in [0, 0.1) is 10.1 Å². The molecule has 0 atom stereocenters. The van der Waals surface area contributed by atoms with Gasteiger partial charge in [-0.2, -0.15) is 0 Å². The van der Waals surface area contributed by atoms with Crippen LogP contribution in [0.3, 0.4) is 0 Å². The molecule has 0 unspecified atom stereocenters. The molecule has 0 radical (unpaired) electrons. The Kier molecular flexibility index (Phi) is 4.77. The highest BCUT2D eigenvalue weighted by Crippen LogP contribution is 2.34. The Morgan fingerprint density at radius 1 is 1.40 bits per heavy atom. The molecule has 3 rings (SSSR count). The molecule has 8 nitrogen and oxygen atoms in total. The van der Waals surface area contributed by atoms with E-state index in [2.05, 4.69) is 10.3 Å². The van der Waals surface area contributed by atoms with Crippen LogP contribution < -0.4 is 10.1 Å². The summed E-state index contributed by atoms with van der Waals surface area (Å²) in [6.07, 6.45) is 1.41. The van der Waals surface area contributed by atoms with Crippen LogP contribution in [0.2, 0.25) is 5.02 Å². The lowest BCUT2D eigenvalue weighted by Crippen LogP contribution is -2.19. The van der Waals surface area contributed by atoms with Gasteiger partial charge < -0.3 is 14.5 Å². The molecule has 1 saturated heterocycles. The molecule has 0 saturated carbocycles. The second-order valence-electron chi connectivity index (χ2n) is 4.73. The molecule has 1 fully saturated rings. The molecule has 0 aliphatic carbocycles. The van der Waals surface area contributed by atoms with Gasteiger partial charge in [-0.05, 0) is 36.0 Å². The van der Waals surface area contributed by atoms with Crippen molar-refractivity contribution < 1.29 is 18.9 Å². The van der Waals surface area contributed by atoms with Gasteiger partial charge in [0, 0.05) is 11.1 Å². The van der Waals surface area contributed by atoms with E-state index in [0.29, 0.717) is 26.5 Å². The van der Waals surface area contributed by atoms with Crippen LogP contribution in [0.25, 0.3) is 6.08 Å². The number of amides is 1. The number of furan rings is 1. The maximum absolute atomic E-state index is 12.0. The van der Waals surface area contributed by atoms with E-state index in [-0.39, 0.29) is 11.7 Å². The lowest BCUT2D eigenvalue weighted by atomic mass is 10.3. The van der Waals surface area contributed by atoms with Gasteiger partial charge in [-0.1, -0.05) is 11.6 Å². The first-order valence-corrected chi connectivity index (χ1v) is 8.03. The second kappa shape index (κ2) is 6.99. The molecule has 2 aromatic rings. The summed E-state index contributed by atoms with van der Waals surface area (Å²) in [6, 6.07) is 7.57. The zero-order chi connectivity index (χ0) is 18.0. The normalized spacial score (nSPS) is 17.1. The highest BCUT2D eigenvalue weighted by molar-refractivity contribution is 8.18. The third-order valence-corrected chi connectivity index (χ3v) is 4.22. The van der Waals surface area contributed by atoms with Crippen LogP contribution in [-0.2, 0) is 4.79 Å². The molecule has 0 spiro atoms. The first-order chi connectivity index (χ1) is 12.0. The SMILES string of the molecule is COc1ccc(Cl)cc1N=C1NC(=O)/C(=C/c2ccc([N+](=O)[O-])o2)S1. The highest BCUT2D eigenvalue weighted by atomic mass is 35.5. The van der Waals surface area contributed by atoms with E-state index in [4.69, 9.17) is 20.8 Å². The Morgan fingerprint density at radius 2 is 2.20 bits per heavy atom. The van der Waals surface area contributed by atoms with Crippen molar-refractivity contribution in [3.63, 3.8) is 0 Å². The van der Waals surface area contributed by atoms with Gasteiger partial charge in [0.1, 0.15) is 22.1 Å². The molecule has 1 aromatic heterocycles. The number of hydrogen-bond donors (Lipinski definition) is 1. The molecule has 2 heterocycles. The predicted molar refractivity (Wildman–Crippen MR) is 94.2 cm³/mol. The van der Waals surface area contributed by atoms with Crippen molar-refractivity contribution in [3.05, 3.63) is 56.1 Å². The summed E-state index contributed by atoms with van der Waals surface area (Å²) in [5.41, 5.74) is 0.465. The van der Waals surface area contributed by atoms with Gasteiger partial charge in [0.2, 0.25) is 0 Å². The van der Waals surface area contributed by atoms with Gasteiger partial charge in [0.15, 0.2) is 5.17 Å². The van der Waals surface area contributed by atoms with E-state index in [1.807, 2.05) is 0 Å². The first-order valence-electron chi connectivity index (χ1n) is 6.83. The third kappa shape index (κ3) is 3.83. The number of carbonyl (C=O) groups is 1. The van der Waals surface area contributed by atoms with Gasteiger partial charge in [-0.25, -0.2) is 4.99 Å². The molecular weight excluding hydrogens is 370 g/mol. The minimum atomic E-state index is -0.651. The zero-order valence-electron chi connectivity index (χ0n) is 12.7. The first kappa shape index (κ1) is 17.1. The quantitative estimate of drug-likeness (QED) is 0.492. The van der Waals surface area contributed by atoms with Gasteiger partial charge in [-0.15, -0.1) is 0 Å². The lowest BCUT2D eigenvalue weighted by Gasteiger charge is -2.04. The summed E-state index contributed by atoms with van der Waals surface area (Å²) >= 11 is 7.03. The molecule has 0 bridgehead atoms. The average Bonchev–Trinajstić information content (AvgIpc) is 3.15. The van der Waals surface area contributed by atoms with Crippen molar-refractivity contribution in [1.29, 1.82) is 0 Å². The topological polar surface area (TPSA) is 107 Å². The van der Waals surface area contributed by atoms with E-state index in [1.54, 1.807) is 18.2 Å². The molecule has 25 heavy (non-hydrogen) atoms. The number of methoxy groups -OCH3 is 1. The minimum absolute atomic E-state index is 0.200. The number of thioether (sulfide) groups is 1. The number of rotatable bonds is 4. The Morgan fingerprint density at radius 3 is 2.88 bits per heavy atom. The number of ether oxygens (including phenoxy) is 1. The highest BCUT2D eigenvalue weighted by Gasteiger charge is 2.25. The summed E-state index contributed by atoms with van der Waals surface area (Å²) in [5.74, 6) is -0.0756. The molecule has 128 valence electrons. The van der Waals surface area contributed by atoms with Crippen molar-refractivity contribution in [2.24, 2.45) is 4.99 Å². The standard InChI is InChI=1S/C15H10ClN3O5S/c1-23-11-4-2-8(16)6-10(11)17-15-18-14(20)12(25-15)7-9-3-5-13(24-9)19(21)22/h2-7H,1H3,(H,17,18,20)/b12-7-. The van der Waals surface area contributed by atoms with Crippen LogP contribution in [0.15, 0.2) is 44.6 Å². The number of amidine groups is 1. The fourth-order valence-corrected chi connectivity index (χ4v) is 2.97. The molecular formula is C15H10ClN3O5S. The number of nitrogens with zero attached hydrogens (tertiary/aromatic N) is 2. The van der Waals surface area contributed by atoms with Crippen LogP contribution in [-0.4, -0.2) is 23.1 Å². The number of aliphatic imine (C=N–C) groups is 1. The monoisotopic (exact) mass is 379 g/mol. The summed E-state index contributed by atoms with van der Waals surface area (Å²) in [4.78, 5) is 26.6. The zero-order valence-corrected chi connectivity index (χ0v) is 14.3. The number of halogens is 1. The Hall–Kier alpha value is -2.78. The predicted octanol–water partition coefficient (Wildman–Crippen LogP) is 3.74. The van der Waals surface area contributed by atoms with Gasteiger partial charge in [-0.3, -0.25) is 14.9 Å². The number of nitro groups is 1. The number of carbonyl (C=O) groups excluding carboxylic acids is 1. The number of benzene rings is 1. The summed E-state index contributed by atoms with van der Waals surface area (Å²) < 4.78 is 10.2. The minimum Gasteiger partial charge on any atom is -0.494 e. The maximum atomic E-state index is 12.0. The second-order valence-corrected chi connectivity index (χ2v) is 6.20. The maximum Gasteiger partial charge on any atom is 0.433 e.